The van der Waals surface area contributed by atoms with Crippen LogP contribution in [-0.4, -0.2) is 41.0 Å². The van der Waals surface area contributed by atoms with Crippen LogP contribution in [-0.2, 0) is 4.79 Å². The van der Waals surface area contributed by atoms with Crippen molar-refractivity contribution in [3.63, 3.8) is 0 Å². The monoisotopic (exact) mass is 336 g/mol. The summed E-state index contributed by atoms with van der Waals surface area (Å²) >= 11 is 1.22. The number of carbonyl (C=O) groups excluding carboxylic acids is 1. The van der Waals surface area contributed by atoms with Gasteiger partial charge in [0.05, 0.1) is 12.7 Å². The molecule has 0 aliphatic heterocycles. The molecule has 9 heteroatoms. The minimum Gasteiger partial charge on any atom is -0.496 e. The molecule has 0 radical (unpaired) electrons. The molecule has 2 aromatic rings. The van der Waals surface area contributed by atoms with Crippen LogP contribution in [0.4, 0.5) is 9.93 Å². The molecule has 1 aromatic heterocycles. The average molecular weight is 336 g/mol. The van der Waals surface area contributed by atoms with Crippen molar-refractivity contribution < 1.29 is 19.4 Å². The third-order valence-electron chi connectivity index (χ3n) is 2.84. The molecule has 3 N–H and O–H groups in total. The van der Waals surface area contributed by atoms with E-state index in [9.17, 15) is 9.59 Å². The van der Waals surface area contributed by atoms with E-state index in [4.69, 9.17) is 9.84 Å². The van der Waals surface area contributed by atoms with Crippen LogP contribution in [0.1, 0.15) is 12.8 Å². The second kappa shape index (κ2) is 8.08. The number of carbonyl (C=O) groups is 2. The molecule has 8 nitrogen and oxygen atoms in total. The number of carboxylic acids is 1. The number of hydrogen-bond donors (Lipinski definition) is 3. The van der Waals surface area contributed by atoms with Crippen LogP contribution >= 0.6 is 11.3 Å². The maximum absolute atomic E-state index is 11.7. The Kier molecular flexibility index (Phi) is 5.87. The third-order valence-corrected chi connectivity index (χ3v) is 3.71. The zero-order chi connectivity index (χ0) is 16.7. The molecular weight excluding hydrogens is 320 g/mol. The van der Waals surface area contributed by atoms with Gasteiger partial charge in [-0.15, -0.1) is 10.2 Å². The zero-order valence-corrected chi connectivity index (χ0v) is 13.2. The Bertz CT molecular complexity index is 689. The molecular formula is C14H16N4O4S. The number of ether oxygens (including phenoxy) is 1. The number of carboxylic acid groups (broad SMARTS) is 1. The lowest BCUT2D eigenvalue weighted by Crippen LogP contribution is -2.29. The second-order valence-electron chi connectivity index (χ2n) is 4.49. The fraction of sp³-hybridized carbons (Fsp3) is 0.286. The van der Waals surface area contributed by atoms with Gasteiger partial charge in [0.25, 0.3) is 0 Å². The first-order valence-corrected chi connectivity index (χ1v) is 7.65. The molecule has 0 unspecified atom stereocenters. The Balaban J connectivity index is 1.92. The molecule has 0 aliphatic carbocycles. The van der Waals surface area contributed by atoms with E-state index >= 15 is 0 Å². The number of urea groups is 1. The summed E-state index contributed by atoms with van der Waals surface area (Å²) in [5.74, 6) is -0.217. The lowest BCUT2D eigenvalue weighted by Gasteiger charge is -2.04. The largest absolute Gasteiger partial charge is 0.496 e. The van der Waals surface area contributed by atoms with Crippen molar-refractivity contribution in [2.45, 2.75) is 12.8 Å². The van der Waals surface area contributed by atoms with Gasteiger partial charge in [0.1, 0.15) is 5.75 Å². The Morgan fingerprint density at radius 1 is 1.30 bits per heavy atom. The van der Waals surface area contributed by atoms with Gasteiger partial charge in [-0.1, -0.05) is 23.5 Å². The summed E-state index contributed by atoms with van der Waals surface area (Å²) in [4.78, 5) is 22.0. The van der Waals surface area contributed by atoms with Gasteiger partial charge in [-0.2, -0.15) is 0 Å². The summed E-state index contributed by atoms with van der Waals surface area (Å²) in [6.45, 7) is 0.274. The first-order valence-electron chi connectivity index (χ1n) is 6.83. The number of nitrogens with zero attached hydrogens (tertiary/aromatic N) is 2. The van der Waals surface area contributed by atoms with E-state index in [2.05, 4.69) is 20.8 Å². The predicted molar refractivity (Wildman–Crippen MR) is 85.8 cm³/mol. The molecule has 0 aliphatic rings. The number of anilines is 1. The highest BCUT2D eigenvalue weighted by Gasteiger charge is 2.12. The van der Waals surface area contributed by atoms with Gasteiger partial charge < -0.3 is 15.2 Å². The van der Waals surface area contributed by atoms with E-state index in [1.165, 1.54) is 11.3 Å². The summed E-state index contributed by atoms with van der Waals surface area (Å²) in [7, 11) is 1.57. The Hall–Kier alpha value is -2.68. The lowest BCUT2D eigenvalue weighted by atomic mass is 10.2. The van der Waals surface area contributed by atoms with Crippen molar-refractivity contribution >= 4 is 28.5 Å². The highest BCUT2D eigenvalue weighted by Crippen LogP contribution is 2.33. The van der Waals surface area contributed by atoms with Gasteiger partial charge in [-0.05, 0) is 18.6 Å². The first-order chi connectivity index (χ1) is 11.1. The molecule has 122 valence electrons. The molecule has 0 saturated carbocycles. The molecule has 0 spiro atoms. The molecule has 0 fully saturated rings. The van der Waals surface area contributed by atoms with Gasteiger partial charge in [0.15, 0.2) is 5.01 Å². The van der Waals surface area contributed by atoms with E-state index in [1.54, 1.807) is 7.11 Å². The van der Waals surface area contributed by atoms with Gasteiger partial charge in [0, 0.05) is 13.0 Å². The summed E-state index contributed by atoms with van der Waals surface area (Å²) in [5, 5.41) is 22.6. The quantitative estimate of drug-likeness (QED) is 0.668. The minimum atomic E-state index is -0.891. The first kappa shape index (κ1) is 16.7. The Morgan fingerprint density at radius 3 is 2.83 bits per heavy atom. The van der Waals surface area contributed by atoms with Crippen molar-refractivity contribution in [1.82, 2.24) is 15.5 Å². The van der Waals surface area contributed by atoms with Crippen LogP contribution in [0.5, 0.6) is 5.75 Å². The molecule has 2 rings (SSSR count). The zero-order valence-electron chi connectivity index (χ0n) is 12.4. The average Bonchev–Trinajstić information content (AvgIpc) is 2.99. The second-order valence-corrected chi connectivity index (χ2v) is 5.47. The number of benzene rings is 1. The van der Waals surface area contributed by atoms with Gasteiger partial charge in [-0.3, -0.25) is 10.1 Å². The smallest absolute Gasteiger partial charge is 0.321 e. The highest BCUT2D eigenvalue weighted by molar-refractivity contribution is 7.18. The molecule has 0 saturated heterocycles. The van der Waals surface area contributed by atoms with Crippen molar-refractivity contribution in [3.05, 3.63) is 24.3 Å². The SMILES string of the molecule is COc1ccccc1-c1nnc(NC(=O)NCCCC(=O)O)s1. The van der Waals surface area contributed by atoms with Gasteiger partial charge >= 0.3 is 12.0 Å². The van der Waals surface area contributed by atoms with Crippen LogP contribution in [0.15, 0.2) is 24.3 Å². The number of nitrogens with one attached hydrogen (secondary N) is 2. The number of aromatic nitrogens is 2. The van der Waals surface area contributed by atoms with Crippen LogP contribution < -0.4 is 15.4 Å². The number of methoxy groups -OCH3 is 1. The fourth-order valence-electron chi connectivity index (χ4n) is 1.79. The normalized spacial score (nSPS) is 10.1. The predicted octanol–water partition coefficient (Wildman–Crippen LogP) is 2.20. The molecule has 2 amide bonds. The number of aliphatic carboxylic acids is 1. The Labute approximate surface area is 136 Å². The van der Waals surface area contributed by atoms with E-state index < -0.39 is 12.0 Å². The number of para-hydroxylation sites is 1. The van der Waals surface area contributed by atoms with E-state index in [-0.39, 0.29) is 13.0 Å². The molecule has 1 heterocycles. The van der Waals surface area contributed by atoms with Crippen molar-refractivity contribution in [2.75, 3.05) is 19.0 Å². The number of rotatable bonds is 7. The standard InChI is InChI=1S/C14H16N4O4S/c1-22-10-6-3-2-5-9(10)12-17-18-14(23-12)16-13(21)15-8-4-7-11(19)20/h2-3,5-6H,4,7-8H2,1H3,(H,19,20)(H2,15,16,18,21). The van der Waals surface area contributed by atoms with Crippen molar-refractivity contribution in [1.29, 1.82) is 0 Å². The summed E-state index contributed by atoms with van der Waals surface area (Å²) in [6, 6.07) is 6.95. The van der Waals surface area contributed by atoms with Crippen LogP contribution in [0.25, 0.3) is 10.6 Å². The molecule has 1 aromatic carbocycles. The molecule has 0 bridgehead atoms. The van der Waals surface area contributed by atoms with Crippen molar-refractivity contribution in [3.8, 4) is 16.3 Å². The summed E-state index contributed by atoms with van der Waals surface area (Å²) in [5.41, 5.74) is 0.794. The summed E-state index contributed by atoms with van der Waals surface area (Å²) in [6.07, 6.45) is 0.377. The third kappa shape index (κ3) is 4.92. The maximum atomic E-state index is 11.7. The van der Waals surface area contributed by atoms with Crippen LogP contribution in [0, 0.1) is 0 Å². The van der Waals surface area contributed by atoms with Crippen molar-refractivity contribution in [2.24, 2.45) is 0 Å². The van der Waals surface area contributed by atoms with Crippen LogP contribution in [0.2, 0.25) is 0 Å². The van der Waals surface area contributed by atoms with E-state index in [1.807, 2.05) is 24.3 Å². The molecule has 23 heavy (non-hydrogen) atoms. The highest BCUT2D eigenvalue weighted by atomic mass is 32.1. The maximum Gasteiger partial charge on any atom is 0.321 e. The minimum absolute atomic E-state index is 0.0109. The number of hydrogen-bond acceptors (Lipinski definition) is 6. The fourth-order valence-corrected chi connectivity index (χ4v) is 2.56. The topological polar surface area (TPSA) is 113 Å². The molecule has 0 atom stereocenters. The van der Waals surface area contributed by atoms with Crippen LogP contribution in [0.3, 0.4) is 0 Å². The Morgan fingerprint density at radius 2 is 2.09 bits per heavy atom. The van der Waals surface area contributed by atoms with Gasteiger partial charge in [0.2, 0.25) is 5.13 Å². The number of amides is 2. The summed E-state index contributed by atoms with van der Waals surface area (Å²) < 4.78 is 5.27. The van der Waals surface area contributed by atoms with E-state index in [0.717, 1.165) is 5.56 Å². The van der Waals surface area contributed by atoms with E-state index in [0.29, 0.717) is 22.3 Å². The van der Waals surface area contributed by atoms with Gasteiger partial charge in [-0.25, -0.2) is 4.79 Å². The lowest BCUT2D eigenvalue weighted by molar-refractivity contribution is -0.137.